The predicted octanol–water partition coefficient (Wildman–Crippen LogP) is 6.25. The van der Waals surface area contributed by atoms with E-state index >= 15 is 0 Å². The molecule has 0 aliphatic carbocycles. The predicted molar refractivity (Wildman–Crippen MR) is 123 cm³/mol. The first-order chi connectivity index (χ1) is 16.0. The average Bonchev–Trinajstić information content (AvgIpc) is 3.18. The van der Waals surface area contributed by atoms with Gasteiger partial charge in [-0.2, -0.15) is 5.26 Å². The number of phosphoric ester groups is 1. The van der Waals surface area contributed by atoms with Gasteiger partial charge in [0.1, 0.15) is 0 Å². The minimum absolute atomic E-state index is 0.0251. The number of ether oxygens (including phenoxy) is 1. The van der Waals surface area contributed by atoms with E-state index in [1.54, 1.807) is 0 Å². The first-order valence-electron chi connectivity index (χ1n) is 12.6. The van der Waals surface area contributed by atoms with Gasteiger partial charge in [-0.05, 0) is 0 Å². The van der Waals surface area contributed by atoms with E-state index in [0.717, 1.165) is 12.8 Å². The molecule has 1 saturated heterocycles. The summed E-state index contributed by atoms with van der Waals surface area (Å²) in [6.45, 7) is 14.3. The Balaban J connectivity index is 3.18. The van der Waals surface area contributed by atoms with Crippen molar-refractivity contribution in [1.82, 2.24) is 0 Å². The molecule has 0 aromatic carbocycles. The zero-order chi connectivity index (χ0) is 25.9. The summed E-state index contributed by atoms with van der Waals surface area (Å²) < 4.78 is 49.0. The standard InChI is InChI=1S/C23H43N2O6P.V/c1-8-17(3)19(5)23(7,20(6)18(4)9-2)31-32(26,29-13-10-12-24)30-15-21-11-14-27-22(21)16-28-25;/h17-22H,8-11,13-16H2,1-7H3;/t17?,18?,19?,20?,21?,22-,23?,32?;/m1./s1/i14T;/t14-,17?,18?,19?,20?,21?,22+,23?,32?;/m0.. The van der Waals surface area contributed by atoms with Gasteiger partial charge in [0.2, 0.25) is 0 Å². The van der Waals surface area contributed by atoms with Gasteiger partial charge in [-0.3, -0.25) is 0 Å². The minimum atomic E-state index is -4.04. The van der Waals surface area contributed by atoms with Crippen LogP contribution >= 0.6 is 7.82 Å². The van der Waals surface area contributed by atoms with E-state index in [2.05, 4.69) is 45.5 Å². The first-order valence-corrected chi connectivity index (χ1v) is 14.1. The molecule has 191 valence electrons. The van der Waals surface area contributed by atoms with Crippen LogP contribution in [-0.4, -0.2) is 38.1 Å². The Morgan fingerprint density at radius 1 is 1.21 bits per heavy atom. The molecule has 1 fully saturated rings. The molecule has 0 saturated carbocycles. The molecular weight excluding hydrogens is 482 g/mol. The van der Waals surface area contributed by atoms with Gasteiger partial charge < -0.3 is 0 Å². The third kappa shape index (κ3) is 9.13. The quantitative estimate of drug-likeness (QED) is 0.125. The molecule has 8 atom stereocenters. The molecule has 0 N–H and O–H groups in total. The third-order valence-electron chi connectivity index (χ3n) is 7.51. The first kappa shape index (κ1) is 29.1. The molecule has 0 bridgehead atoms. The normalized spacial score (nSPS) is 28.5. The molecule has 0 aromatic rings. The van der Waals surface area contributed by atoms with Crippen molar-refractivity contribution < 1.29 is 46.3 Å². The van der Waals surface area contributed by atoms with Gasteiger partial charge in [0.15, 0.2) is 0 Å². The van der Waals surface area contributed by atoms with Crippen molar-refractivity contribution in [3.63, 3.8) is 0 Å². The van der Waals surface area contributed by atoms with Crippen LogP contribution in [0.15, 0.2) is 3.95 Å². The van der Waals surface area contributed by atoms with Crippen molar-refractivity contribution in [2.75, 3.05) is 26.4 Å². The zero-order valence-corrected chi connectivity index (χ0v) is 23.5. The number of phosphoric acid groups is 1. The fourth-order valence-corrected chi connectivity index (χ4v) is 5.95. The Hall–Kier alpha value is -0.0956. The summed E-state index contributed by atoms with van der Waals surface area (Å²) in [5, 5.41) is 8.97. The average molecular weight is 528 g/mol. The number of rotatable bonds is 17. The summed E-state index contributed by atoms with van der Waals surface area (Å²) in [5.74, 6) is 0.591. The van der Waals surface area contributed by atoms with Crippen LogP contribution in [0.2, 0.25) is 0 Å². The molecule has 0 amide bonds. The summed E-state index contributed by atoms with van der Waals surface area (Å²) >= 11 is 1.97. The van der Waals surface area contributed by atoms with Gasteiger partial charge in [-0.1, -0.05) is 40.5 Å². The fraction of sp³-hybridized carbons (Fsp3) is 0.957. The van der Waals surface area contributed by atoms with Gasteiger partial charge in [-0.25, -0.2) is 0 Å². The van der Waals surface area contributed by atoms with Crippen molar-refractivity contribution in [1.29, 1.82) is 5.26 Å². The van der Waals surface area contributed by atoms with Crippen LogP contribution in [0.5, 0.6) is 0 Å². The Bertz CT molecular complexity index is 695. The number of nitrogens with zero attached hydrogens (tertiary/aromatic N) is 2. The zero-order valence-electron chi connectivity index (χ0n) is 22.2. The summed E-state index contributed by atoms with van der Waals surface area (Å²) in [6, 6.07) is 2.01. The van der Waals surface area contributed by atoms with Crippen LogP contribution < -0.4 is 0 Å². The number of hydrogen-bond acceptors (Lipinski definition) is 8. The van der Waals surface area contributed by atoms with Crippen molar-refractivity contribution in [2.45, 2.75) is 85.9 Å². The monoisotopic (exact) mass is 527 g/mol. The van der Waals surface area contributed by atoms with Crippen molar-refractivity contribution in [2.24, 2.45) is 33.5 Å². The van der Waals surface area contributed by atoms with Crippen LogP contribution in [0, 0.1) is 40.9 Å². The summed E-state index contributed by atoms with van der Waals surface area (Å²) in [7, 11) is -4.04. The van der Waals surface area contributed by atoms with Crippen LogP contribution in [-0.2, 0) is 44.9 Å². The van der Waals surface area contributed by atoms with E-state index in [1.165, 1.54) is 0 Å². The molecule has 1 aliphatic rings. The summed E-state index contributed by atoms with van der Waals surface area (Å²) in [4.78, 5) is 5.09. The molecule has 10 heteroatoms. The van der Waals surface area contributed by atoms with Crippen LogP contribution in [0.1, 0.15) is 75.5 Å². The van der Waals surface area contributed by atoms with E-state index in [4.69, 9.17) is 29.8 Å². The van der Waals surface area contributed by atoms with Crippen LogP contribution in [0.25, 0.3) is 0 Å². The van der Waals surface area contributed by atoms with Crippen LogP contribution in [0.3, 0.4) is 0 Å². The van der Waals surface area contributed by atoms with E-state index in [-0.39, 0.29) is 44.0 Å². The second-order valence-electron chi connectivity index (χ2n) is 9.32. The maximum absolute atomic E-state index is 14.0. The molecule has 1 aliphatic heterocycles. The second-order valence-corrected chi connectivity index (χ2v) is 11.2. The van der Waals surface area contributed by atoms with E-state index < -0.39 is 26.1 Å². The van der Waals surface area contributed by atoms with Gasteiger partial charge in [-0.15, -0.1) is 0 Å². The molecule has 1 heterocycles. The Morgan fingerprint density at radius 2 is 1.82 bits per heavy atom. The second kappa shape index (κ2) is 15.1. The molecule has 6 unspecified atom stereocenters. The van der Waals surface area contributed by atoms with Gasteiger partial charge in [0.25, 0.3) is 0 Å². The van der Waals surface area contributed by atoms with E-state index in [1.807, 2.05) is 30.2 Å². The Morgan fingerprint density at radius 3 is 2.33 bits per heavy atom. The topological polar surface area (TPSA) is 99.4 Å². The number of hydrogen-bond donors (Lipinski definition) is 0. The SMILES string of the molecule is [3H][C@H]1CC(COP(=O)(OCCC#N)OC(C)(C(C)C(C)CC)C(C)C(C)CC)[C@@H](CO[N]=[V])O1. The fourth-order valence-electron chi connectivity index (χ4n) is 4.16. The maximum atomic E-state index is 14.0. The molecular formula is C23H43N2O6PV. The van der Waals surface area contributed by atoms with Crippen LogP contribution in [0.4, 0.5) is 0 Å². The molecule has 0 radical (unpaired) electrons. The molecule has 33 heavy (non-hydrogen) atoms. The molecule has 1 rings (SSSR count). The van der Waals surface area contributed by atoms with Gasteiger partial charge in [0, 0.05) is 0 Å². The Labute approximate surface area is 211 Å². The van der Waals surface area contributed by atoms with Crippen molar-refractivity contribution in [3.8, 4) is 6.07 Å². The van der Waals surface area contributed by atoms with E-state index in [9.17, 15) is 4.57 Å². The van der Waals surface area contributed by atoms with Gasteiger partial charge in [0.05, 0.1) is 0 Å². The van der Waals surface area contributed by atoms with E-state index in [0.29, 0.717) is 18.3 Å². The van der Waals surface area contributed by atoms with Crippen molar-refractivity contribution >= 4 is 7.82 Å². The summed E-state index contributed by atoms with van der Waals surface area (Å²) in [6.07, 6.45) is 1.99. The molecule has 0 aromatic heterocycles. The molecule has 0 spiro atoms. The summed E-state index contributed by atoms with van der Waals surface area (Å²) in [5.41, 5.74) is -0.779. The third-order valence-corrected chi connectivity index (χ3v) is 9.28. The number of nitriles is 1. The van der Waals surface area contributed by atoms with Gasteiger partial charge >= 0.3 is 165 Å². The molecule has 8 nitrogen and oxygen atoms in total. The van der Waals surface area contributed by atoms with Crippen molar-refractivity contribution in [3.05, 3.63) is 0 Å². The Kier molecular flexibility index (Phi) is 13.3.